The minimum absolute atomic E-state index is 0.0230. The molecule has 0 fully saturated rings. The first-order valence-electron chi connectivity index (χ1n) is 4.06. The Kier molecular flexibility index (Phi) is 6.28. The van der Waals surface area contributed by atoms with Crippen LogP contribution in [0.5, 0.6) is 0 Å². The summed E-state index contributed by atoms with van der Waals surface area (Å²) in [6.07, 6.45) is 0.973. The average Bonchev–Trinajstić information content (AvgIpc) is 2.13. The van der Waals surface area contributed by atoms with Crippen LogP contribution in [0.15, 0.2) is 0 Å². The van der Waals surface area contributed by atoms with Gasteiger partial charge in [0.2, 0.25) is 0 Å². The average molecular weight is 178 g/mol. The number of hydrogen-bond donors (Lipinski definition) is 3. The maximum atomic E-state index is 9.01. The Morgan fingerprint density at radius 2 is 1.67 bits per heavy atom. The molecule has 0 unspecified atom stereocenters. The summed E-state index contributed by atoms with van der Waals surface area (Å²) in [5, 5.41) is 26.7. The molecule has 0 aromatic rings. The van der Waals surface area contributed by atoms with Crippen molar-refractivity contribution in [1.29, 1.82) is 0 Å². The fourth-order valence-electron chi connectivity index (χ4n) is 1.05. The van der Waals surface area contributed by atoms with Crippen LogP contribution in [0.1, 0.15) is 12.8 Å². The maximum Gasteiger partial charge on any atom is 0.0511 e. The predicted molar refractivity (Wildman–Crippen MR) is 44.8 cm³/mol. The van der Waals surface area contributed by atoms with Gasteiger partial charge in [-0.25, -0.2) is 0 Å². The maximum absolute atomic E-state index is 9.01. The monoisotopic (exact) mass is 178 g/mol. The summed E-state index contributed by atoms with van der Waals surface area (Å²) in [5.41, 5.74) is -0.579. The third-order valence-corrected chi connectivity index (χ3v) is 2.15. The van der Waals surface area contributed by atoms with E-state index in [1.165, 1.54) is 0 Å². The van der Waals surface area contributed by atoms with E-state index in [-0.39, 0.29) is 19.8 Å². The van der Waals surface area contributed by atoms with Crippen LogP contribution in [0.3, 0.4) is 0 Å². The van der Waals surface area contributed by atoms with E-state index >= 15 is 0 Å². The van der Waals surface area contributed by atoms with Gasteiger partial charge in [-0.2, -0.15) is 0 Å². The van der Waals surface area contributed by atoms with Gasteiger partial charge in [-0.15, -0.1) is 0 Å². The molecule has 0 radical (unpaired) electrons. The Morgan fingerprint density at radius 3 is 2.00 bits per heavy atom. The van der Waals surface area contributed by atoms with Gasteiger partial charge in [-0.1, -0.05) is 0 Å². The van der Waals surface area contributed by atoms with Gasteiger partial charge < -0.3 is 20.1 Å². The van der Waals surface area contributed by atoms with E-state index in [4.69, 9.17) is 20.1 Å². The van der Waals surface area contributed by atoms with Crippen molar-refractivity contribution in [2.45, 2.75) is 12.8 Å². The molecule has 0 aliphatic carbocycles. The lowest BCUT2D eigenvalue weighted by atomic mass is 9.83. The molecule has 74 valence electrons. The van der Waals surface area contributed by atoms with Crippen molar-refractivity contribution in [3.63, 3.8) is 0 Å². The van der Waals surface area contributed by atoms with E-state index in [9.17, 15) is 0 Å². The fraction of sp³-hybridized carbons (Fsp3) is 1.00. The van der Waals surface area contributed by atoms with Gasteiger partial charge in [0.25, 0.3) is 0 Å². The van der Waals surface area contributed by atoms with Gasteiger partial charge >= 0.3 is 0 Å². The van der Waals surface area contributed by atoms with Crippen molar-refractivity contribution >= 4 is 0 Å². The molecule has 12 heavy (non-hydrogen) atoms. The van der Waals surface area contributed by atoms with Crippen LogP contribution in [0.4, 0.5) is 0 Å². The van der Waals surface area contributed by atoms with Crippen LogP contribution in [-0.2, 0) is 4.74 Å². The van der Waals surface area contributed by atoms with E-state index in [1.54, 1.807) is 7.11 Å². The second-order valence-corrected chi connectivity index (χ2v) is 3.03. The number of methoxy groups -OCH3 is 1. The Hall–Kier alpha value is -0.160. The van der Waals surface area contributed by atoms with Crippen molar-refractivity contribution in [2.24, 2.45) is 5.41 Å². The lowest BCUT2D eigenvalue weighted by Crippen LogP contribution is -2.32. The molecule has 0 aliphatic heterocycles. The second-order valence-electron chi connectivity index (χ2n) is 3.03. The Bertz CT molecular complexity index is 101. The number of hydrogen-bond acceptors (Lipinski definition) is 4. The van der Waals surface area contributed by atoms with E-state index in [1.807, 2.05) is 0 Å². The second kappa shape index (κ2) is 6.37. The highest BCUT2D eigenvalue weighted by Crippen LogP contribution is 2.24. The molecule has 4 heteroatoms. The quantitative estimate of drug-likeness (QED) is 0.486. The standard InChI is InChI=1S/C8H18O4/c1-12-5-3-8(6-10,7-11)2-4-9/h9-11H,2-7H2,1H3. The molecule has 0 saturated carbocycles. The van der Waals surface area contributed by atoms with Crippen molar-refractivity contribution in [3.05, 3.63) is 0 Å². The largest absolute Gasteiger partial charge is 0.396 e. The zero-order chi connectivity index (χ0) is 9.45. The molecule has 3 N–H and O–H groups in total. The summed E-state index contributed by atoms with van der Waals surface area (Å²) < 4.78 is 4.84. The molecule has 0 spiro atoms. The summed E-state index contributed by atoms with van der Waals surface area (Å²) in [6.45, 7) is 0.229. The SMILES string of the molecule is COCCC(CO)(CO)CCO. The van der Waals surface area contributed by atoms with Gasteiger partial charge in [-0.05, 0) is 12.8 Å². The Balaban J connectivity index is 3.95. The van der Waals surface area contributed by atoms with Crippen molar-refractivity contribution in [3.8, 4) is 0 Å². The number of aliphatic hydroxyl groups is 3. The molecule has 0 saturated heterocycles. The normalized spacial score (nSPS) is 12.0. The van der Waals surface area contributed by atoms with Crippen LogP contribution in [0.25, 0.3) is 0 Å². The topological polar surface area (TPSA) is 69.9 Å². The van der Waals surface area contributed by atoms with E-state index in [0.717, 1.165) is 0 Å². The van der Waals surface area contributed by atoms with E-state index in [2.05, 4.69) is 0 Å². The van der Waals surface area contributed by atoms with E-state index < -0.39 is 5.41 Å². The lowest BCUT2D eigenvalue weighted by Gasteiger charge is -2.28. The van der Waals surface area contributed by atoms with Gasteiger partial charge in [0, 0.05) is 25.7 Å². The van der Waals surface area contributed by atoms with Gasteiger partial charge in [0.05, 0.1) is 13.2 Å². The molecule has 0 amide bonds. The summed E-state index contributed by atoms with van der Waals surface area (Å²) in [5.74, 6) is 0. The van der Waals surface area contributed by atoms with Gasteiger partial charge in [-0.3, -0.25) is 0 Å². The minimum Gasteiger partial charge on any atom is -0.396 e. The van der Waals surface area contributed by atoms with Crippen molar-refractivity contribution in [1.82, 2.24) is 0 Å². The van der Waals surface area contributed by atoms with Crippen LogP contribution in [-0.4, -0.2) is 48.9 Å². The molecule has 4 nitrogen and oxygen atoms in total. The molecule has 0 aromatic heterocycles. The smallest absolute Gasteiger partial charge is 0.0511 e. The number of aliphatic hydroxyl groups excluding tert-OH is 3. The Morgan fingerprint density at radius 1 is 1.08 bits per heavy atom. The molecular formula is C8H18O4. The van der Waals surface area contributed by atoms with E-state index in [0.29, 0.717) is 19.4 Å². The Labute approximate surface area is 72.8 Å². The van der Waals surface area contributed by atoms with Gasteiger partial charge in [0.1, 0.15) is 0 Å². The van der Waals surface area contributed by atoms with Crippen molar-refractivity contribution < 1.29 is 20.1 Å². The summed E-state index contributed by atoms with van der Waals surface area (Å²) >= 11 is 0. The molecule has 0 aliphatic rings. The van der Waals surface area contributed by atoms with Crippen LogP contribution in [0, 0.1) is 5.41 Å². The minimum atomic E-state index is -0.579. The highest BCUT2D eigenvalue weighted by Gasteiger charge is 2.27. The first-order chi connectivity index (χ1) is 5.74. The van der Waals surface area contributed by atoms with Crippen LogP contribution >= 0.6 is 0 Å². The first kappa shape index (κ1) is 11.8. The third-order valence-electron chi connectivity index (χ3n) is 2.15. The third kappa shape index (κ3) is 3.49. The summed E-state index contributed by atoms with van der Waals surface area (Å²) in [6, 6.07) is 0. The zero-order valence-electron chi connectivity index (χ0n) is 7.49. The number of ether oxygens (including phenoxy) is 1. The predicted octanol–water partition coefficient (Wildman–Crippen LogP) is -0.624. The molecule has 0 atom stereocenters. The highest BCUT2D eigenvalue weighted by atomic mass is 16.5. The van der Waals surface area contributed by atoms with Gasteiger partial charge in [0.15, 0.2) is 0 Å². The summed E-state index contributed by atoms with van der Waals surface area (Å²) in [4.78, 5) is 0. The molecule has 0 heterocycles. The lowest BCUT2D eigenvalue weighted by molar-refractivity contribution is 0.00733. The zero-order valence-corrected chi connectivity index (χ0v) is 7.49. The highest BCUT2D eigenvalue weighted by molar-refractivity contribution is 4.77. The van der Waals surface area contributed by atoms with Crippen LogP contribution in [0.2, 0.25) is 0 Å². The fourth-order valence-corrected chi connectivity index (χ4v) is 1.05. The van der Waals surface area contributed by atoms with Crippen LogP contribution < -0.4 is 0 Å². The molecule has 0 aromatic carbocycles. The molecular weight excluding hydrogens is 160 g/mol. The first-order valence-corrected chi connectivity index (χ1v) is 4.06. The molecule has 0 rings (SSSR count). The number of rotatable bonds is 7. The van der Waals surface area contributed by atoms with Crippen molar-refractivity contribution in [2.75, 3.05) is 33.5 Å². The molecule has 0 bridgehead atoms. The summed E-state index contributed by atoms with van der Waals surface area (Å²) in [7, 11) is 1.57.